The lowest BCUT2D eigenvalue weighted by atomic mass is 9.79. The molecule has 1 aromatic heterocycles. The molecule has 28 heavy (non-hydrogen) atoms. The molecular weight excluding hydrogens is 352 g/mol. The van der Waals surface area contributed by atoms with E-state index in [2.05, 4.69) is 19.9 Å². The number of nitrogens with zero attached hydrogens (tertiary/aromatic N) is 2. The Kier molecular flexibility index (Phi) is 4.92. The molecule has 1 amide bonds. The van der Waals surface area contributed by atoms with E-state index in [-0.39, 0.29) is 23.7 Å². The maximum absolute atomic E-state index is 13.7. The molecule has 1 aliphatic carbocycles. The zero-order chi connectivity index (χ0) is 20.1. The van der Waals surface area contributed by atoms with E-state index in [9.17, 15) is 4.79 Å². The first-order valence-corrected chi connectivity index (χ1v) is 10.2. The molecular formula is C23H30N2O3. The minimum absolute atomic E-state index is 0.0544. The second kappa shape index (κ2) is 7.12. The fourth-order valence-electron chi connectivity index (χ4n) is 5.11. The van der Waals surface area contributed by atoms with Gasteiger partial charge in [-0.1, -0.05) is 12.1 Å². The number of ether oxygens (including phenoxy) is 2. The molecule has 4 rings (SSSR count). The smallest absolute Gasteiger partial charge is 0.254 e. The number of hydrogen-bond donors (Lipinski definition) is 0. The summed E-state index contributed by atoms with van der Waals surface area (Å²) >= 11 is 0. The maximum Gasteiger partial charge on any atom is 0.254 e. The summed E-state index contributed by atoms with van der Waals surface area (Å²) in [6.45, 7) is 6.85. The summed E-state index contributed by atoms with van der Waals surface area (Å²) in [7, 11) is 3.54. The number of hydrogen-bond acceptors (Lipinski definition) is 4. The minimum Gasteiger partial charge on any atom is -0.381 e. The van der Waals surface area contributed by atoms with Gasteiger partial charge in [-0.25, -0.2) is 0 Å². The number of aromatic nitrogens is 1. The van der Waals surface area contributed by atoms with Crippen LogP contribution in [0.5, 0.6) is 0 Å². The van der Waals surface area contributed by atoms with Crippen LogP contribution in [0.15, 0.2) is 18.2 Å². The van der Waals surface area contributed by atoms with Crippen molar-refractivity contribution >= 4 is 16.8 Å². The van der Waals surface area contributed by atoms with Crippen molar-refractivity contribution in [2.24, 2.45) is 0 Å². The number of pyridine rings is 1. The van der Waals surface area contributed by atoms with Crippen molar-refractivity contribution in [3.05, 3.63) is 40.6 Å². The van der Waals surface area contributed by atoms with Gasteiger partial charge in [-0.15, -0.1) is 0 Å². The molecule has 2 aliphatic rings. The van der Waals surface area contributed by atoms with E-state index in [1.807, 2.05) is 24.0 Å². The van der Waals surface area contributed by atoms with E-state index in [0.717, 1.165) is 60.0 Å². The lowest BCUT2D eigenvalue weighted by Crippen LogP contribution is -2.53. The van der Waals surface area contributed by atoms with Gasteiger partial charge in [0.1, 0.15) is 0 Å². The van der Waals surface area contributed by atoms with Crippen molar-refractivity contribution in [2.45, 2.75) is 64.2 Å². The average molecular weight is 383 g/mol. The molecule has 2 heterocycles. The summed E-state index contributed by atoms with van der Waals surface area (Å²) < 4.78 is 11.6. The summed E-state index contributed by atoms with van der Waals surface area (Å²) in [6, 6.07) is 6.11. The van der Waals surface area contributed by atoms with Gasteiger partial charge in [0.2, 0.25) is 0 Å². The highest BCUT2D eigenvalue weighted by Gasteiger charge is 2.52. The summed E-state index contributed by atoms with van der Waals surface area (Å²) in [6.07, 6.45) is 3.82. The number of aryl methyl sites for hydroxylation is 3. The number of benzene rings is 1. The molecule has 0 bridgehead atoms. The van der Waals surface area contributed by atoms with Crippen LogP contribution in [-0.2, 0) is 9.47 Å². The SMILES string of the molecule is COC1CC[C@@]2(OC)CCN(C(=O)c3cc(C)nc4c(C)c(C)ccc34)C2C1. The van der Waals surface area contributed by atoms with Gasteiger partial charge in [-0.2, -0.15) is 0 Å². The third kappa shape index (κ3) is 2.92. The molecule has 5 nitrogen and oxygen atoms in total. The van der Waals surface area contributed by atoms with E-state index in [1.54, 1.807) is 14.2 Å². The molecule has 1 aromatic carbocycles. The van der Waals surface area contributed by atoms with E-state index < -0.39 is 0 Å². The molecule has 150 valence electrons. The van der Waals surface area contributed by atoms with Crippen LogP contribution in [0.4, 0.5) is 0 Å². The maximum atomic E-state index is 13.7. The van der Waals surface area contributed by atoms with E-state index in [1.165, 1.54) is 5.56 Å². The van der Waals surface area contributed by atoms with Crippen LogP contribution in [0.3, 0.4) is 0 Å². The molecule has 2 aromatic rings. The molecule has 1 saturated carbocycles. The lowest BCUT2D eigenvalue weighted by molar-refractivity contribution is -0.0893. The first kappa shape index (κ1) is 19.3. The summed E-state index contributed by atoms with van der Waals surface area (Å²) in [5.74, 6) is 0.0828. The highest BCUT2D eigenvalue weighted by atomic mass is 16.5. The largest absolute Gasteiger partial charge is 0.381 e. The van der Waals surface area contributed by atoms with Crippen molar-refractivity contribution in [3.8, 4) is 0 Å². The van der Waals surface area contributed by atoms with Crippen molar-refractivity contribution in [3.63, 3.8) is 0 Å². The quantitative estimate of drug-likeness (QED) is 0.806. The summed E-state index contributed by atoms with van der Waals surface area (Å²) in [5, 5.41) is 0.938. The predicted molar refractivity (Wildman–Crippen MR) is 110 cm³/mol. The van der Waals surface area contributed by atoms with Crippen molar-refractivity contribution in [1.82, 2.24) is 9.88 Å². The average Bonchev–Trinajstić information content (AvgIpc) is 3.09. The summed E-state index contributed by atoms with van der Waals surface area (Å²) in [5.41, 5.74) is 4.64. The van der Waals surface area contributed by atoms with Gasteiger partial charge in [-0.3, -0.25) is 9.78 Å². The molecule has 3 atom stereocenters. The van der Waals surface area contributed by atoms with Gasteiger partial charge in [0, 0.05) is 31.8 Å². The predicted octanol–water partition coefficient (Wildman–Crippen LogP) is 3.96. The van der Waals surface area contributed by atoms with E-state index in [0.29, 0.717) is 0 Å². The molecule has 1 saturated heterocycles. The molecule has 5 heteroatoms. The Bertz CT molecular complexity index is 926. The normalized spacial score (nSPS) is 27.2. The van der Waals surface area contributed by atoms with Crippen LogP contribution >= 0.6 is 0 Å². The molecule has 0 radical (unpaired) electrons. The minimum atomic E-state index is -0.241. The number of carbonyl (C=O) groups excluding carboxylic acids is 1. The Morgan fingerprint density at radius 1 is 1.21 bits per heavy atom. The van der Waals surface area contributed by atoms with Gasteiger partial charge >= 0.3 is 0 Å². The fourth-order valence-corrected chi connectivity index (χ4v) is 5.11. The highest BCUT2D eigenvalue weighted by molar-refractivity contribution is 6.07. The first-order valence-electron chi connectivity index (χ1n) is 10.2. The first-order chi connectivity index (χ1) is 13.4. The zero-order valence-electron chi connectivity index (χ0n) is 17.5. The molecule has 1 aliphatic heterocycles. The third-order valence-corrected chi connectivity index (χ3v) is 7.00. The lowest BCUT2D eigenvalue weighted by Gasteiger charge is -2.43. The standard InChI is InChI=1S/C23H30N2O3/c1-14-6-7-18-19(12-15(2)24-21(18)16(14)3)22(26)25-11-10-23(28-5)9-8-17(27-4)13-20(23)25/h6-7,12,17,20H,8-11,13H2,1-5H3/t17?,20?,23-/m1/s1. The molecule has 2 unspecified atom stereocenters. The Hall–Kier alpha value is -1.98. The third-order valence-electron chi connectivity index (χ3n) is 7.00. The highest BCUT2D eigenvalue weighted by Crippen LogP contribution is 2.44. The number of carbonyl (C=O) groups is 1. The van der Waals surface area contributed by atoms with Crippen LogP contribution < -0.4 is 0 Å². The van der Waals surface area contributed by atoms with Crippen LogP contribution in [-0.4, -0.2) is 54.3 Å². The number of likely N-dealkylation sites (tertiary alicyclic amines) is 1. The Balaban J connectivity index is 1.76. The van der Waals surface area contributed by atoms with Crippen LogP contribution in [0.1, 0.15) is 52.9 Å². The fraction of sp³-hybridized carbons (Fsp3) is 0.565. The Labute approximate surface area is 167 Å². The van der Waals surface area contributed by atoms with Gasteiger partial charge < -0.3 is 14.4 Å². The topological polar surface area (TPSA) is 51.7 Å². The molecule has 2 fully saturated rings. The second-order valence-electron chi connectivity index (χ2n) is 8.38. The van der Waals surface area contributed by atoms with Gasteiger partial charge in [0.25, 0.3) is 5.91 Å². The van der Waals surface area contributed by atoms with Crippen molar-refractivity contribution in [2.75, 3.05) is 20.8 Å². The monoisotopic (exact) mass is 382 g/mol. The summed E-state index contributed by atoms with van der Waals surface area (Å²) in [4.78, 5) is 20.5. The number of fused-ring (bicyclic) bond motifs is 2. The van der Waals surface area contributed by atoms with Crippen LogP contribution in [0.25, 0.3) is 10.9 Å². The van der Waals surface area contributed by atoms with Crippen LogP contribution in [0.2, 0.25) is 0 Å². The van der Waals surface area contributed by atoms with Gasteiger partial charge in [-0.05, 0) is 63.6 Å². The van der Waals surface area contributed by atoms with Crippen molar-refractivity contribution in [1.29, 1.82) is 0 Å². The van der Waals surface area contributed by atoms with E-state index >= 15 is 0 Å². The molecule has 0 spiro atoms. The Morgan fingerprint density at radius 3 is 2.71 bits per heavy atom. The van der Waals surface area contributed by atoms with Crippen molar-refractivity contribution < 1.29 is 14.3 Å². The zero-order valence-corrected chi connectivity index (χ0v) is 17.5. The number of rotatable bonds is 3. The molecule has 0 N–H and O–H groups in total. The Morgan fingerprint density at radius 2 is 2.00 bits per heavy atom. The van der Waals surface area contributed by atoms with Gasteiger partial charge in [0.15, 0.2) is 0 Å². The van der Waals surface area contributed by atoms with Gasteiger partial charge in [0.05, 0.1) is 28.8 Å². The van der Waals surface area contributed by atoms with E-state index in [4.69, 9.17) is 14.5 Å². The number of methoxy groups -OCH3 is 2. The second-order valence-corrected chi connectivity index (χ2v) is 8.38. The number of amides is 1. The van der Waals surface area contributed by atoms with Crippen LogP contribution in [0, 0.1) is 20.8 Å².